The molecule has 1 aliphatic rings. The second-order valence-corrected chi connectivity index (χ2v) is 10.5. The summed E-state index contributed by atoms with van der Waals surface area (Å²) in [5.41, 5.74) is 6.30. The van der Waals surface area contributed by atoms with Gasteiger partial charge >= 0.3 is 0 Å². The van der Waals surface area contributed by atoms with Crippen molar-refractivity contribution in [2.45, 2.75) is 91.6 Å². The van der Waals surface area contributed by atoms with Crippen LogP contribution >= 0.6 is 0 Å². The zero-order valence-corrected chi connectivity index (χ0v) is 19.3. The molecule has 0 spiro atoms. The van der Waals surface area contributed by atoms with Crippen molar-refractivity contribution in [2.75, 3.05) is 4.90 Å². The van der Waals surface area contributed by atoms with Crippen molar-refractivity contribution < 1.29 is 0 Å². The Bertz CT molecular complexity index is 790. The van der Waals surface area contributed by atoms with Gasteiger partial charge in [0.1, 0.15) is 0 Å². The molecule has 0 N–H and O–H groups in total. The Balaban J connectivity index is 2.29. The molecule has 152 valence electrons. The van der Waals surface area contributed by atoms with Gasteiger partial charge in [-0.25, -0.2) is 0 Å². The summed E-state index contributed by atoms with van der Waals surface area (Å²) in [4.78, 5) is 2.82. The summed E-state index contributed by atoms with van der Waals surface area (Å²) in [6, 6.07) is 18.6. The first-order valence-corrected chi connectivity index (χ1v) is 11.0. The minimum absolute atomic E-state index is 0.0950. The first-order chi connectivity index (χ1) is 13.1. The molecular formula is C27H39N. The second-order valence-electron chi connectivity index (χ2n) is 10.5. The zero-order chi connectivity index (χ0) is 20.7. The number of anilines is 1. The number of aryl methyl sites for hydroxylation is 2. The SMILES string of the molecule is CCc1cccc(CC)c1N1C(C(C)(C)C)C(C)(c2ccccc2)CC1(C)C. The molecule has 0 aliphatic carbocycles. The number of para-hydroxylation sites is 1. The van der Waals surface area contributed by atoms with E-state index in [4.69, 9.17) is 0 Å². The van der Waals surface area contributed by atoms with E-state index in [0.717, 1.165) is 19.3 Å². The average Bonchev–Trinajstić information content (AvgIpc) is 2.87. The van der Waals surface area contributed by atoms with Gasteiger partial charge in [0, 0.05) is 22.7 Å². The summed E-state index contributed by atoms with van der Waals surface area (Å²) in [6.07, 6.45) is 3.32. The molecule has 2 aromatic rings. The summed E-state index contributed by atoms with van der Waals surface area (Å²) in [5.74, 6) is 0. The Labute approximate surface area is 173 Å². The van der Waals surface area contributed by atoms with E-state index in [9.17, 15) is 0 Å². The van der Waals surface area contributed by atoms with E-state index in [1.54, 1.807) is 0 Å². The molecule has 0 bridgehead atoms. The highest BCUT2D eigenvalue weighted by Crippen LogP contribution is 2.56. The van der Waals surface area contributed by atoms with Crippen molar-refractivity contribution in [3.8, 4) is 0 Å². The van der Waals surface area contributed by atoms with Gasteiger partial charge in [0.2, 0.25) is 0 Å². The van der Waals surface area contributed by atoms with E-state index in [1.165, 1.54) is 22.4 Å². The molecule has 1 aliphatic heterocycles. The van der Waals surface area contributed by atoms with Gasteiger partial charge in [-0.2, -0.15) is 0 Å². The maximum atomic E-state index is 2.82. The lowest BCUT2D eigenvalue weighted by atomic mass is 9.66. The number of nitrogens with zero attached hydrogens (tertiary/aromatic N) is 1. The Kier molecular flexibility index (Phi) is 5.42. The Morgan fingerprint density at radius 3 is 1.86 bits per heavy atom. The van der Waals surface area contributed by atoms with Gasteiger partial charge < -0.3 is 4.90 Å². The first kappa shape index (κ1) is 21.0. The van der Waals surface area contributed by atoms with Gasteiger partial charge in [0.25, 0.3) is 0 Å². The summed E-state index contributed by atoms with van der Waals surface area (Å²) in [6.45, 7) is 19.3. The van der Waals surface area contributed by atoms with Crippen LogP contribution in [0.5, 0.6) is 0 Å². The molecule has 3 rings (SSSR count). The fraction of sp³-hybridized carbons (Fsp3) is 0.556. The monoisotopic (exact) mass is 377 g/mol. The van der Waals surface area contributed by atoms with Crippen molar-refractivity contribution in [1.82, 2.24) is 0 Å². The third-order valence-corrected chi connectivity index (χ3v) is 6.77. The van der Waals surface area contributed by atoms with Crippen LogP contribution in [0.4, 0.5) is 5.69 Å². The van der Waals surface area contributed by atoms with E-state index in [0.29, 0.717) is 6.04 Å². The Hall–Kier alpha value is -1.76. The Morgan fingerprint density at radius 2 is 1.39 bits per heavy atom. The smallest absolute Gasteiger partial charge is 0.0438 e. The molecule has 2 unspecified atom stereocenters. The van der Waals surface area contributed by atoms with Crippen molar-refractivity contribution in [2.24, 2.45) is 5.41 Å². The standard InChI is InChI=1S/C27H39N/c1-9-20-15-14-16-21(10-2)23(20)28-24(25(3,4)5)27(8,19-26(28,6)7)22-17-12-11-13-18-22/h11-18,24H,9-10,19H2,1-8H3. The van der Waals surface area contributed by atoms with Crippen LogP contribution in [0.25, 0.3) is 0 Å². The van der Waals surface area contributed by atoms with Crippen molar-refractivity contribution in [3.63, 3.8) is 0 Å². The van der Waals surface area contributed by atoms with Crippen LogP contribution in [0, 0.1) is 5.41 Å². The summed E-state index contributed by atoms with van der Waals surface area (Å²) >= 11 is 0. The lowest BCUT2D eigenvalue weighted by Crippen LogP contribution is -2.53. The van der Waals surface area contributed by atoms with Crippen molar-refractivity contribution >= 4 is 5.69 Å². The fourth-order valence-corrected chi connectivity index (χ4v) is 6.09. The maximum absolute atomic E-state index is 2.82. The minimum atomic E-state index is 0.0950. The number of benzene rings is 2. The molecular weight excluding hydrogens is 338 g/mol. The predicted molar refractivity (Wildman–Crippen MR) is 123 cm³/mol. The summed E-state index contributed by atoms with van der Waals surface area (Å²) < 4.78 is 0. The normalized spacial score (nSPS) is 24.6. The number of rotatable bonds is 4. The molecule has 1 fully saturated rings. The first-order valence-electron chi connectivity index (χ1n) is 11.0. The highest BCUT2D eigenvalue weighted by molar-refractivity contribution is 5.65. The van der Waals surface area contributed by atoms with Gasteiger partial charge in [0.15, 0.2) is 0 Å². The van der Waals surface area contributed by atoms with Gasteiger partial charge in [-0.05, 0) is 55.2 Å². The average molecular weight is 378 g/mol. The molecule has 1 nitrogen and oxygen atoms in total. The van der Waals surface area contributed by atoms with Crippen LogP contribution < -0.4 is 4.90 Å². The number of hydrogen-bond acceptors (Lipinski definition) is 1. The highest BCUT2D eigenvalue weighted by atomic mass is 15.3. The third-order valence-electron chi connectivity index (χ3n) is 6.77. The molecule has 28 heavy (non-hydrogen) atoms. The number of hydrogen-bond donors (Lipinski definition) is 0. The third kappa shape index (κ3) is 3.38. The van der Waals surface area contributed by atoms with Gasteiger partial charge in [-0.15, -0.1) is 0 Å². The zero-order valence-electron chi connectivity index (χ0n) is 19.3. The van der Waals surface area contributed by atoms with E-state index >= 15 is 0 Å². The molecule has 0 radical (unpaired) electrons. The molecule has 2 aromatic carbocycles. The summed E-state index contributed by atoms with van der Waals surface area (Å²) in [5, 5.41) is 0. The van der Waals surface area contributed by atoms with Gasteiger partial charge in [0.05, 0.1) is 0 Å². The quantitative estimate of drug-likeness (QED) is 0.546. The van der Waals surface area contributed by atoms with Crippen LogP contribution in [0.1, 0.15) is 78.5 Å². The van der Waals surface area contributed by atoms with Crippen LogP contribution in [0.3, 0.4) is 0 Å². The van der Waals surface area contributed by atoms with Gasteiger partial charge in [-0.1, -0.05) is 90.1 Å². The van der Waals surface area contributed by atoms with Crippen molar-refractivity contribution in [1.29, 1.82) is 0 Å². The highest BCUT2D eigenvalue weighted by Gasteiger charge is 2.58. The predicted octanol–water partition coefficient (Wildman–Crippen LogP) is 7.17. The van der Waals surface area contributed by atoms with Gasteiger partial charge in [-0.3, -0.25) is 0 Å². The van der Waals surface area contributed by atoms with Crippen LogP contribution in [-0.4, -0.2) is 11.6 Å². The topological polar surface area (TPSA) is 3.24 Å². The second kappa shape index (κ2) is 7.25. The van der Waals surface area contributed by atoms with Crippen LogP contribution in [-0.2, 0) is 18.3 Å². The lowest BCUT2D eigenvalue weighted by Gasteiger charge is -2.48. The molecule has 1 saturated heterocycles. The van der Waals surface area contributed by atoms with Crippen LogP contribution in [0.2, 0.25) is 0 Å². The van der Waals surface area contributed by atoms with E-state index < -0.39 is 0 Å². The van der Waals surface area contributed by atoms with E-state index in [1.807, 2.05) is 0 Å². The molecule has 2 atom stereocenters. The lowest BCUT2D eigenvalue weighted by molar-refractivity contribution is 0.238. The minimum Gasteiger partial charge on any atom is -0.362 e. The molecule has 0 saturated carbocycles. The summed E-state index contributed by atoms with van der Waals surface area (Å²) in [7, 11) is 0. The molecule has 1 heterocycles. The van der Waals surface area contributed by atoms with E-state index in [2.05, 4.69) is 109 Å². The Morgan fingerprint density at radius 1 is 0.857 bits per heavy atom. The maximum Gasteiger partial charge on any atom is 0.0438 e. The van der Waals surface area contributed by atoms with Crippen LogP contribution in [0.15, 0.2) is 48.5 Å². The molecule has 1 heteroatoms. The fourth-order valence-electron chi connectivity index (χ4n) is 6.09. The van der Waals surface area contributed by atoms with E-state index in [-0.39, 0.29) is 16.4 Å². The largest absolute Gasteiger partial charge is 0.362 e. The molecule has 0 aromatic heterocycles. The molecule has 0 amide bonds. The van der Waals surface area contributed by atoms with Crippen molar-refractivity contribution in [3.05, 3.63) is 65.2 Å².